The summed E-state index contributed by atoms with van der Waals surface area (Å²) in [7, 11) is 0. The topological polar surface area (TPSA) is 74.7 Å². The molecule has 32 heavy (non-hydrogen) atoms. The number of aromatic nitrogens is 4. The van der Waals surface area contributed by atoms with Crippen molar-refractivity contribution in [3.8, 4) is 22.3 Å². The van der Waals surface area contributed by atoms with Crippen molar-refractivity contribution in [2.75, 3.05) is 0 Å². The van der Waals surface area contributed by atoms with Crippen LogP contribution >= 0.6 is 11.6 Å². The number of nitrogens with one attached hydrogen (secondary N) is 1. The molecule has 0 amide bonds. The van der Waals surface area contributed by atoms with E-state index in [1.807, 2.05) is 0 Å². The van der Waals surface area contributed by atoms with E-state index in [0.717, 1.165) is 0 Å². The number of fused-ring (bicyclic) bond motifs is 1. The van der Waals surface area contributed by atoms with Gasteiger partial charge in [0.1, 0.15) is 29.1 Å². The molecule has 0 bridgehead atoms. The van der Waals surface area contributed by atoms with Crippen LogP contribution in [-0.2, 0) is 0 Å². The number of aromatic amines is 1. The molecular formula is C24H15ClF2N4O. The smallest absolute Gasteiger partial charge is 0.147 e. The summed E-state index contributed by atoms with van der Waals surface area (Å²) in [4.78, 5) is 15.5. The van der Waals surface area contributed by atoms with Gasteiger partial charge in [0.2, 0.25) is 0 Å². The minimum atomic E-state index is -1.31. The van der Waals surface area contributed by atoms with Gasteiger partial charge >= 0.3 is 0 Å². The predicted octanol–water partition coefficient (Wildman–Crippen LogP) is 5.70. The number of halogens is 3. The monoisotopic (exact) mass is 448 g/mol. The average molecular weight is 449 g/mol. The van der Waals surface area contributed by atoms with Crippen molar-refractivity contribution in [1.82, 2.24) is 19.9 Å². The molecule has 8 heteroatoms. The third-order valence-electron chi connectivity index (χ3n) is 5.23. The van der Waals surface area contributed by atoms with E-state index in [0.29, 0.717) is 43.9 Å². The molecule has 0 saturated carbocycles. The molecule has 0 fully saturated rings. The molecule has 0 radical (unpaired) electrons. The highest BCUT2D eigenvalue weighted by molar-refractivity contribution is 6.39. The van der Waals surface area contributed by atoms with Crippen molar-refractivity contribution in [2.45, 2.75) is 6.10 Å². The molecule has 0 saturated heterocycles. The summed E-state index contributed by atoms with van der Waals surface area (Å²) in [5, 5.41) is 11.6. The van der Waals surface area contributed by atoms with Crippen LogP contribution in [0.1, 0.15) is 17.4 Å². The lowest BCUT2D eigenvalue weighted by Gasteiger charge is -2.13. The van der Waals surface area contributed by atoms with Gasteiger partial charge < -0.3 is 10.1 Å². The van der Waals surface area contributed by atoms with Gasteiger partial charge in [0.15, 0.2) is 0 Å². The first-order valence-electron chi connectivity index (χ1n) is 9.69. The fraction of sp³-hybridized carbons (Fsp3) is 0.0417. The fourth-order valence-corrected chi connectivity index (χ4v) is 4.01. The van der Waals surface area contributed by atoms with Crippen LogP contribution in [0, 0.1) is 11.6 Å². The van der Waals surface area contributed by atoms with Gasteiger partial charge in [0.25, 0.3) is 0 Å². The summed E-state index contributed by atoms with van der Waals surface area (Å²) < 4.78 is 28.5. The van der Waals surface area contributed by atoms with E-state index in [1.54, 1.807) is 42.9 Å². The Balaban J connectivity index is 1.63. The fourth-order valence-electron chi connectivity index (χ4n) is 3.66. The molecule has 0 aliphatic heterocycles. The van der Waals surface area contributed by atoms with Crippen LogP contribution in [0.5, 0.6) is 0 Å². The maximum Gasteiger partial charge on any atom is 0.147 e. The number of pyridine rings is 3. The molecule has 0 spiro atoms. The molecular weight excluding hydrogens is 434 g/mol. The summed E-state index contributed by atoms with van der Waals surface area (Å²) in [5.41, 5.74) is 2.84. The van der Waals surface area contributed by atoms with Crippen LogP contribution < -0.4 is 0 Å². The number of rotatable bonds is 4. The molecule has 5 rings (SSSR count). The van der Waals surface area contributed by atoms with Crippen molar-refractivity contribution in [3.63, 3.8) is 0 Å². The van der Waals surface area contributed by atoms with Gasteiger partial charge in [0.05, 0.1) is 5.02 Å². The lowest BCUT2D eigenvalue weighted by molar-refractivity contribution is 0.209. The normalized spacial score (nSPS) is 12.2. The Morgan fingerprint density at radius 2 is 1.72 bits per heavy atom. The molecule has 1 aromatic carbocycles. The van der Waals surface area contributed by atoms with Crippen molar-refractivity contribution in [3.05, 3.63) is 101 Å². The summed E-state index contributed by atoms with van der Waals surface area (Å²) in [6, 6.07) is 10.7. The number of nitrogens with zero attached hydrogens (tertiary/aromatic N) is 3. The second-order valence-corrected chi connectivity index (χ2v) is 7.55. The Kier molecular flexibility index (Phi) is 5.13. The zero-order chi connectivity index (χ0) is 22.2. The zero-order valence-corrected chi connectivity index (χ0v) is 17.2. The zero-order valence-electron chi connectivity index (χ0n) is 16.4. The highest BCUT2D eigenvalue weighted by Crippen LogP contribution is 2.39. The van der Waals surface area contributed by atoms with Gasteiger partial charge in [-0.25, -0.2) is 13.8 Å². The van der Waals surface area contributed by atoms with Crippen molar-refractivity contribution in [2.24, 2.45) is 0 Å². The number of hydrogen-bond acceptors (Lipinski definition) is 4. The Morgan fingerprint density at radius 3 is 2.53 bits per heavy atom. The third-order valence-corrected chi connectivity index (χ3v) is 5.63. The largest absolute Gasteiger partial charge is 0.382 e. The standard InChI is InChI=1S/C24H15ClF2N4O/c25-21-16(11-30-24-20(21)17(12-31-24)15-4-1-2-5-18(15)26)13-8-14(10-28-9-13)23(32)22-19(27)6-3-7-29-22/h1-12,23,32H,(H,30,31). The Labute approximate surface area is 186 Å². The summed E-state index contributed by atoms with van der Waals surface area (Å²) in [5.74, 6) is -0.993. The minimum absolute atomic E-state index is 0.0985. The van der Waals surface area contributed by atoms with Crippen LogP contribution in [0.2, 0.25) is 5.02 Å². The van der Waals surface area contributed by atoms with Gasteiger partial charge in [-0.15, -0.1) is 0 Å². The highest BCUT2D eigenvalue weighted by Gasteiger charge is 2.20. The van der Waals surface area contributed by atoms with Gasteiger partial charge in [-0.2, -0.15) is 0 Å². The van der Waals surface area contributed by atoms with Gasteiger partial charge in [-0.3, -0.25) is 9.97 Å². The van der Waals surface area contributed by atoms with Gasteiger partial charge in [-0.05, 0) is 24.3 Å². The van der Waals surface area contributed by atoms with Crippen LogP contribution in [0.25, 0.3) is 33.3 Å². The molecule has 1 unspecified atom stereocenters. The van der Waals surface area contributed by atoms with Crippen LogP contribution in [0.3, 0.4) is 0 Å². The maximum absolute atomic E-state index is 14.4. The average Bonchev–Trinajstić information content (AvgIpc) is 3.24. The van der Waals surface area contributed by atoms with Crippen LogP contribution in [-0.4, -0.2) is 25.0 Å². The second kappa shape index (κ2) is 8.11. The van der Waals surface area contributed by atoms with E-state index in [9.17, 15) is 13.9 Å². The first kappa shape index (κ1) is 20.2. The first-order chi connectivity index (χ1) is 15.5. The van der Waals surface area contributed by atoms with E-state index in [2.05, 4.69) is 19.9 Å². The van der Waals surface area contributed by atoms with Gasteiger partial charge in [0, 0.05) is 64.2 Å². The SMILES string of the molecule is OC(c1cncc(-c2cnc3[nH]cc(-c4ccccc4F)c3c2Cl)c1)c1ncccc1F. The summed E-state index contributed by atoms with van der Waals surface area (Å²) in [6.07, 6.45) is 6.33. The van der Waals surface area contributed by atoms with Crippen LogP contribution in [0.4, 0.5) is 8.78 Å². The molecule has 5 nitrogen and oxygen atoms in total. The van der Waals surface area contributed by atoms with Crippen molar-refractivity contribution >= 4 is 22.6 Å². The number of aliphatic hydroxyl groups is 1. The molecule has 2 N–H and O–H groups in total. The van der Waals surface area contributed by atoms with E-state index < -0.39 is 11.9 Å². The van der Waals surface area contributed by atoms with E-state index >= 15 is 0 Å². The number of hydrogen-bond donors (Lipinski definition) is 2. The summed E-state index contributed by atoms with van der Waals surface area (Å²) in [6.45, 7) is 0. The molecule has 4 heterocycles. The molecule has 1 atom stereocenters. The van der Waals surface area contributed by atoms with Crippen molar-refractivity contribution in [1.29, 1.82) is 0 Å². The molecule has 0 aliphatic carbocycles. The first-order valence-corrected chi connectivity index (χ1v) is 10.1. The van der Waals surface area contributed by atoms with Crippen LogP contribution in [0.15, 0.2) is 73.4 Å². The Bertz CT molecular complexity index is 1450. The lowest BCUT2D eigenvalue weighted by atomic mass is 10.0. The van der Waals surface area contributed by atoms with E-state index in [1.165, 1.54) is 30.6 Å². The number of aliphatic hydroxyl groups excluding tert-OH is 1. The van der Waals surface area contributed by atoms with Crippen molar-refractivity contribution < 1.29 is 13.9 Å². The summed E-state index contributed by atoms with van der Waals surface area (Å²) >= 11 is 6.75. The highest BCUT2D eigenvalue weighted by atomic mass is 35.5. The van der Waals surface area contributed by atoms with E-state index in [4.69, 9.17) is 11.6 Å². The number of H-pyrrole nitrogens is 1. The third kappa shape index (κ3) is 3.41. The molecule has 5 aromatic rings. The number of benzene rings is 1. The molecule has 4 aromatic heterocycles. The quantitative estimate of drug-likeness (QED) is 0.370. The lowest BCUT2D eigenvalue weighted by Crippen LogP contribution is -2.05. The van der Waals surface area contributed by atoms with Gasteiger partial charge in [-0.1, -0.05) is 29.8 Å². The maximum atomic E-state index is 14.4. The minimum Gasteiger partial charge on any atom is -0.382 e. The Morgan fingerprint density at radius 1 is 0.906 bits per heavy atom. The second-order valence-electron chi connectivity index (χ2n) is 7.17. The molecule has 158 valence electrons. The predicted molar refractivity (Wildman–Crippen MR) is 118 cm³/mol. The Hall–Kier alpha value is -3.68. The molecule has 0 aliphatic rings. The van der Waals surface area contributed by atoms with E-state index in [-0.39, 0.29) is 11.5 Å².